The summed E-state index contributed by atoms with van der Waals surface area (Å²) in [5, 5.41) is 3.62. The summed E-state index contributed by atoms with van der Waals surface area (Å²) in [5.41, 5.74) is 13.7. The molecule has 0 aromatic heterocycles. The van der Waals surface area contributed by atoms with Gasteiger partial charge in [-0.05, 0) is 92.9 Å². The molecule has 0 amide bonds. The van der Waals surface area contributed by atoms with E-state index in [4.69, 9.17) is 19.9 Å². The molecule has 0 atom stereocenters. The number of allylic oxidation sites excluding steroid dienone is 1. The van der Waals surface area contributed by atoms with Gasteiger partial charge in [-0.1, -0.05) is 18.2 Å². The average Bonchev–Trinajstić information content (AvgIpc) is 2.93. The van der Waals surface area contributed by atoms with E-state index >= 15 is 0 Å². The van der Waals surface area contributed by atoms with Gasteiger partial charge in [-0.15, -0.1) is 0 Å². The van der Waals surface area contributed by atoms with Crippen molar-refractivity contribution in [1.82, 2.24) is 0 Å². The van der Waals surface area contributed by atoms with E-state index in [9.17, 15) is 9.18 Å². The smallest absolute Gasteiger partial charge is 0.343 e. The Kier molecular flexibility index (Phi) is 7.45. The van der Waals surface area contributed by atoms with Crippen LogP contribution in [-0.2, 0) is 6.61 Å². The van der Waals surface area contributed by atoms with Crippen LogP contribution in [0, 0.1) is 12.7 Å². The van der Waals surface area contributed by atoms with Gasteiger partial charge in [0.25, 0.3) is 0 Å². The number of ether oxygens (including phenoxy) is 3. The third kappa shape index (κ3) is 5.89. The fourth-order valence-electron chi connectivity index (χ4n) is 5.23. The normalized spacial score (nSPS) is 13.5. The van der Waals surface area contributed by atoms with Crippen molar-refractivity contribution in [2.24, 2.45) is 0 Å². The number of esters is 1. The minimum Gasteiger partial charge on any atom is -0.496 e. The van der Waals surface area contributed by atoms with Crippen molar-refractivity contribution in [3.63, 3.8) is 0 Å². The molecule has 0 aliphatic carbocycles. The van der Waals surface area contributed by atoms with Crippen LogP contribution in [0.3, 0.4) is 0 Å². The molecule has 4 aromatic rings. The molecule has 7 heteroatoms. The van der Waals surface area contributed by atoms with E-state index < -0.39 is 11.8 Å². The van der Waals surface area contributed by atoms with Gasteiger partial charge in [0.1, 0.15) is 29.7 Å². The molecule has 3 N–H and O–H groups in total. The SMILES string of the molecule is COc1cc(OC(=O)c2ccc(F)cc2)ccc1-c1ccc2c(c1COc1cc(N)ccc1C)C(C)=CC(C)(C)N2. The van der Waals surface area contributed by atoms with Crippen molar-refractivity contribution >= 4 is 22.9 Å². The third-order valence-corrected chi connectivity index (χ3v) is 7.08. The number of hydrogen-bond acceptors (Lipinski definition) is 6. The standard InChI is InChI=1S/C34H33FN2O4/c1-20-6-11-24(36)16-30(20)40-19-28-26(14-15-29-32(28)21(2)18-34(3,4)37-29)27-13-12-25(17-31(27)39-5)41-33(38)22-7-9-23(35)10-8-22/h6-18,37H,19,36H2,1-5H3. The van der Waals surface area contributed by atoms with Gasteiger partial charge in [0.05, 0.1) is 18.2 Å². The van der Waals surface area contributed by atoms with Crippen LogP contribution in [0.1, 0.15) is 47.8 Å². The second kappa shape index (κ2) is 11.0. The Morgan fingerprint density at radius 1 is 0.927 bits per heavy atom. The molecule has 0 unspecified atom stereocenters. The van der Waals surface area contributed by atoms with E-state index in [1.54, 1.807) is 19.2 Å². The molecule has 1 aliphatic heterocycles. The average molecular weight is 553 g/mol. The molecule has 0 bridgehead atoms. The molecular formula is C34H33FN2O4. The minimum absolute atomic E-state index is 0.199. The fourth-order valence-corrected chi connectivity index (χ4v) is 5.23. The highest BCUT2D eigenvalue weighted by molar-refractivity contribution is 5.92. The Morgan fingerprint density at radius 3 is 2.39 bits per heavy atom. The monoisotopic (exact) mass is 552 g/mol. The maximum atomic E-state index is 13.3. The highest BCUT2D eigenvalue weighted by Crippen LogP contribution is 2.43. The number of anilines is 2. The molecule has 210 valence electrons. The number of fused-ring (bicyclic) bond motifs is 1. The lowest BCUT2D eigenvalue weighted by Crippen LogP contribution is -2.32. The largest absolute Gasteiger partial charge is 0.496 e. The molecule has 0 fully saturated rings. The van der Waals surface area contributed by atoms with Gasteiger partial charge >= 0.3 is 5.97 Å². The number of nitrogens with two attached hydrogens (primary N) is 1. The number of carbonyl (C=O) groups is 1. The van der Waals surface area contributed by atoms with Crippen LogP contribution in [0.4, 0.5) is 15.8 Å². The molecule has 4 aromatic carbocycles. The van der Waals surface area contributed by atoms with Crippen molar-refractivity contribution in [3.05, 3.63) is 107 Å². The van der Waals surface area contributed by atoms with Gasteiger partial charge < -0.3 is 25.3 Å². The lowest BCUT2D eigenvalue weighted by atomic mass is 9.85. The highest BCUT2D eigenvalue weighted by atomic mass is 19.1. The molecule has 0 saturated carbocycles. The van der Waals surface area contributed by atoms with Crippen molar-refractivity contribution in [2.75, 3.05) is 18.2 Å². The van der Waals surface area contributed by atoms with Gasteiger partial charge in [-0.2, -0.15) is 0 Å². The molecule has 6 nitrogen and oxygen atoms in total. The molecular weight excluding hydrogens is 519 g/mol. The lowest BCUT2D eigenvalue weighted by Gasteiger charge is -2.33. The van der Waals surface area contributed by atoms with Gasteiger partial charge in [-0.3, -0.25) is 0 Å². The summed E-state index contributed by atoms with van der Waals surface area (Å²) in [6, 6.07) is 20.2. The first-order valence-electron chi connectivity index (χ1n) is 13.3. The van der Waals surface area contributed by atoms with Gasteiger partial charge in [0.15, 0.2) is 0 Å². The van der Waals surface area contributed by atoms with Crippen LogP contribution >= 0.6 is 0 Å². The van der Waals surface area contributed by atoms with Crippen LogP contribution < -0.4 is 25.3 Å². The molecule has 41 heavy (non-hydrogen) atoms. The number of nitrogen functional groups attached to an aromatic ring is 1. The van der Waals surface area contributed by atoms with Gasteiger partial charge in [0, 0.05) is 40.2 Å². The van der Waals surface area contributed by atoms with Crippen LogP contribution in [0.5, 0.6) is 17.2 Å². The molecule has 0 radical (unpaired) electrons. The number of methoxy groups -OCH3 is 1. The van der Waals surface area contributed by atoms with E-state index in [0.717, 1.165) is 39.1 Å². The van der Waals surface area contributed by atoms with Crippen molar-refractivity contribution in [3.8, 4) is 28.4 Å². The van der Waals surface area contributed by atoms with Crippen molar-refractivity contribution in [2.45, 2.75) is 39.8 Å². The Bertz CT molecular complexity index is 1660. The van der Waals surface area contributed by atoms with Crippen LogP contribution in [0.15, 0.2) is 78.9 Å². The summed E-state index contributed by atoms with van der Waals surface area (Å²) in [4.78, 5) is 12.6. The maximum absolute atomic E-state index is 13.3. The number of aryl methyl sites for hydroxylation is 1. The Morgan fingerprint density at radius 2 is 1.66 bits per heavy atom. The first kappa shape index (κ1) is 27.8. The summed E-state index contributed by atoms with van der Waals surface area (Å²) in [6.07, 6.45) is 2.21. The van der Waals surface area contributed by atoms with E-state index in [0.29, 0.717) is 29.5 Å². The summed E-state index contributed by atoms with van der Waals surface area (Å²) < 4.78 is 31.0. The van der Waals surface area contributed by atoms with E-state index in [1.165, 1.54) is 24.3 Å². The minimum atomic E-state index is -0.588. The Labute approximate surface area is 239 Å². The molecule has 0 spiro atoms. The fraction of sp³-hybridized carbons (Fsp3) is 0.206. The summed E-state index contributed by atoms with van der Waals surface area (Å²) >= 11 is 0. The van der Waals surface area contributed by atoms with E-state index in [1.807, 2.05) is 37.3 Å². The maximum Gasteiger partial charge on any atom is 0.343 e. The quantitative estimate of drug-likeness (QED) is 0.138. The number of halogens is 1. The summed E-state index contributed by atoms with van der Waals surface area (Å²) in [7, 11) is 1.57. The number of hydrogen-bond donors (Lipinski definition) is 2. The van der Waals surface area contributed by atoms with Crippen molar-refractivity contribution < 1.29 is 23.4 Å². The van der Waals surface area contributed by atoms with Crippen LogP contribution in [0.25, 0.3) is 16.7 Å². The molecule has 5 rings (SSSR count). The van der Waals surface area contributed by atoms with Crippen molar-refractivity contribution in [1.29, 1.82) is 0 Å². The zero-order valence-electron chi connectivity index (χ0n) is 23.8. The lowest BCUT2D eigenvalue weighted by molar-refractivity contribution is 0.0734. The molecule has 0 saturated heterocycles. The first-order valence-corrected chi connectivity index (χ1v) is 13.3. The third-order valence-electron chi connectivity index (χ3n) is 7.08. The number of nitrogens with one attached hydrogen (secondary N) is 1. The zero-order valence-corrected chi connectivity index (χ0v) is 23.8. The highest BCUT2D eigenvalue weighted by Gasteiger charge is 2.27. The van der Waals surface area contributed by atoms with Gasteiger partial charge in [-0.25, -0.2) is 9.18 Å². The topological polar surface area (TPSA) is 82.8 Å². The number of rotatable bonds is 7. The second-order valence-electron chi connectivity index (χ2n) is 10.8. The number of benzene rings is 4. The predicted octanol–water partition coefficient (Wildman–Crippen LogP) is 7.80. The zero-order chi connectivity index (χ0) is 29.3. The molecule has 1 aliphatic rings. The first-order chi connectivity index (χ1) is 19.5. The van der Waals surface area contributed by atoms with E-state index in [-0.39, 0.29) is 11.1 Å². The number of carbonyl (C=O) groups excluding carboxylic acids is 1. The molecule has 1 heterocycles. The van der Waals surface area contributed by atoms with Crippen LogP contribution in [-0.4, -0.2) is 18.6 Å². The van der Waals surface area contributed by atoms with Crippen LogP contribution in [0.2, 0.25) is 0 Å². The second-order valence-corrected chi connectivity index (χ2v) is 10.8. The van der Waals surface area contributed by atoms with Gasteiger partial charge in [0.2, 0.25) is 0 Å². The summed E-state index contributed by atoms with van der Waals surface area (Å²) in [5.74, 6) is 0.545. The Balaban J connectivity index is 1.55. The predicted molar refractivity (Wildman–Crippen MR) is 161 cm³/mol. The van der Waals surface area contributed by atoms with E-state index in [2.05, 4.69) is 38.2 Å². The Hall–Kier alpha value is -4.78. The summed E-state index contributed by atoms with van der Waals surface area (Å²) in [6.45, 7) is 8.65.